The summed E-state index contributed by atoms with van der Waals surface area (Å²) < 4.78 is 0. The highest BCUT2D eigenvalue weighted by Crippen LogP contribution is 2.15. The number of nitrogens with one attached hydrogen (secondary N) is 1. The molecule has 1 fully saturated rings. The Balaban J connectivity index is 0.00000242. The normalized spacial score (nSPS) is 17.2. The molecule has 3 heteroatoms. The van der Waals surface area contributed by atoms with Gasteiger partial charge in [-0.3, -0.25) is 4.79 Å². The Morgan fingerprint density at radius 1 is 1.09 bits per heavy atom. The summed E-state index contributed by atoms with van der Waals surface area (Å²) in [6.07, 6.45) is 11.2. The van der Waals surface area contributed by atoms with Gasteiger partial charge in [-0.25, -0.2) is 0 Å². The van der Waals surface area contributed by atoms with E-state index in [0.29, 0.717) is 0 Å². The zero-order valence-corrected chi connectivity index (χ0v) is 14.6. The summed E-state index contributed by atoms with van der Waals surface area (Å²) in [5.74, 6) is 0.263. The van der Waals surface area contributed by atoms with Gasteiger partial charge in [0.05, 0.1) is 6.04 Å². The van der Waals surface area contributed by atoms with Gasteiger partial charge in [0, 0.05) is 5.56 Å². The van der Waals surface area contributed by atoms with Crippen molar-refractivity contribution in [2.24, 2.45) is 0 Å². The van der Waals surface area contributed by atoms with Crippen molar-refractivity contribution < 1.29 is 4.79 Å². The van der Waals surface area contributed by atoms with Crippen LogP contribution < -0.4 is 5.32 Å². The van der Waals surface area contributed by atoms with E-state index in [1.54, 1.807) is 0 Å². The van der Waals surface area contributed by atoms with Crippen molar-refractivity contribution in [2.45, 2.75) is 70.8 Å². The molecule has 22 heavy (non-hydrogen) atoms. The third kappa shape index (κ3) is 6.10. The first kappa shape index (κ1) is 19.2. The number of carbonyl (C=O) groups is 1. The van der Waals surface area contributed by atoms with Gasteiger partial charge >= 0.3 is 0 Å². The molecular formula is C19H30ClNO. The molecule has 1 aliphatic rings. The summed E-state index contributed by atoms with van der Waals surface area (Å²) in [5.41, 5.74) is 2.22. The Bertz CT molecular complexity index is 424. The van der Waals surface area contributed by atoms with Gasteiger partial charge in [-0.05, 0) is 37.8 Å². The molecule has 1 aromatic carbocycles. The lowest BCUT2D eigenvalue weighted by Crippen LogP contribution is -2.30. The molecular weight excluding hydrogens is 294 g/mol. The topological polar surface area (TPSA) is 29.1 Å². The van der Waals surface area contributed by atoms with Crippen LogP contribution in [-0.2, 0) is 6.42 Å². The number of Topliss-reactive ketones (excluding diaryl/α,β-unsaturated/α-hetero) is 1. The Labute approximate surface area is 141 Å². The minimum Gasteiger partial charge on any atom is -0.307 e. The fourth-order valence-corrected chi connectivity index (χ4v) is 3.05. The van der Waals surface area contributed by atoms with Crippen LogP contribution in [0.25, 0.3) is 0 Å². The fraction of sp³-hybridized carbons (Fsp3) is 0.632. The van der Waals surface area contributed by atoms with Gasteiger partial charge in [0.15, 0.2) is 5.78 Å². The van der Waals surface area contributed by atoms with Crippen LogP contribution in [0.1, 0.15) is 74.2 Å². The molecule has 1 saturated heterocycles. The van der Waals surface area contributed by atoms with E-state index in [4.69, 9.17) is 0 Å². The standard InChI is InChI=1S/C19H29NO.ClH/c1-2-3-4-5-6-7-9-16-11-13-17(14-12-16)19(21)18-10-8-15-20-18;/h11-14,18,20H,2-10,15H2,1H3;1H. The molecule has 2 nitrogen and oxygen atoms in total. The first-order chi connectivity index (χ1) is 10.3. The van der Waals surface area contributed by atoms with Crippen LogP contribution in [0.5, 0.6) is 0 Å². The molecule has 1 aliphatic heterocycles. The third-order valence-corrected chi connectivity index (χ3v) is 4.43. The first-order valence-electron chi connectivity index (χ1n) is 8.68. The van der Waals surface area contributed by atoms with Crippen molar-refractivity contribution in [3.8, 4) is 0 Å². The lowest BCUT2D eigenvalue weighted by molar-refractivity contribution is 0.0952. The number of carbonyl (C=O) groups excluding carboxylic acids is 1. The quantitative estimate of drug-likeness (QED) is 0.515. The van der Waals surface area contributed by atoms with Crippen molar-refractivity contribution in [3.05, 3.63) is 35.4 Å². The molecule has 124 valence electrons. The third-order valence-electron chi connectivity index (χ3n) is 4.43. The molecule has 0 bridgehead atoms. The summed E-state index contributed by atoms with van der Waals surface area (Å²) in [6, 6.07) is 8.33. The molecule has 0 aliphatic carbocycles. The lowest BCUT2D eigenvalue weighted by Gasteiger charge is -2.09. The van der Waals surface area contributed by atoms with E-state index >= 15 is 0 Å². The summed E-state index contributed by atoms with van der Waals surface area (Å²) in [6.45, 7) is 3.23. The Kier molecular flexibility index (Phi) is 9.42. The number of rotatable bonds is 9. The van der Waals surface area contributed by atoms with Crippen LogP contribution in [0.15, 0.2) is 24.3 Å². The zero-order chi connectivity index (χ0) is 14.9. The number of hydrogen-bond acceptors (Lipinski definition) is 2. The average molecular weight is 324 g/mol. The monoisotopic (exact) mass is 323 g/mol. The second kappa shape index (κ2) is 10.8. The Hall–Kier alpha value is -0.860. The Morgan fingerprint density at radius 3 is 2.41 bits per heavy atom. The van der Waals surface area contributed by atoms with Gasteiger partial charge < -0.3 is 5.32 Å². The highest BCUT2D eigenvalue weighted by atomic mass is 35.5. The molecule has 2 rings (SSSR count). The maximum Gasteiger partial charge on any atom is 0.179 e. The van der Waals surface area contributed by atoms with Crippen LogP contribution >= 0.6 is 12.4 Å². The molecule has 1 aromatic rings. The SMILES string of the molecule is CCCCCCCCc1ccc(C(=O)C2CCCN2)cc1.Cl. The second-order valence-electron chi connectivity index (χ2n) is 6.23. The lowest BCUT2D eigenvalue weighted by atomic mass is 9.99. The van der Waals surface area contributed by atoms with E-state index < -0.39 is 0 Å². The highest BCUT2D eigenvalue weighted by Gasteiger charge is 2.22. The molecule has 1 unspecified atom stereocenters. The molecule has 0 spiro atoms. The molecule has 0 amide bonds. The van der Waals surface area contributed by atoms with Crippen LogP contribution in [0.2, 0.25) is 0 Å². The number of unbranched alkanes of at least 4 members (excludes halogenated alkanes) is 5. The minimum absolute atomic E-state index is 0. The van der Waals surface area contributed by atoms with E-state index in [0.717, 1.165) is 31.4 Å². The first-order valence-corrected chi connectivity index (χ1v) is 8.68. The van der Waals surface area contributed by atoms with Gasteiger partial charge in [0.2, 0.25) is 0 Å². The smallest absolute Gasteiger partial charge is 0.179 e. The number of halogens is 1. The summed E-state index contributed by atoms with van der Waals surface area (Å²) in [7, 11) is 0. The number of ketones is 1. The summed E-state index contributed by atoms with van der Waals surface area (Å²) in [5, 5.41) is 3.28. The van der Waals surface area contributed by atoms with E-state index in [9.17, 15) is 4.79 Å². The van der Waals surface area contributed by atoms with E-state index in [1.807, 2.05) is 12.1 Å². The zero-order valence-electron chi connectivity index (χ0n) is 13.8. The minimum atomic E-state index is 0. The van der Waals surface area contributed by atoms with Gasteiger partial charge in [-0.15, -0.1) is 12.4 Å². The second-order valence-corrected chi connectivity index (χ2v) is 6.23. The fourth-order valence-electron chi connectivity index (χ4n) is 3.05. The molecule has 1 heterocycles. The number of aryl methyl sites for hydroxylation is 1. The number of benzene rings is 1. The molecule has 0 radical (unpaired) electrons. The molecule has 1 N–H and O–H groups in total. The molecule has 0 aromatic heterocycles. The van der Waals surface area contributed by atoms with E-state index in [-0.39, 0.29) is 24.2 Å². The van der Waals surface area contributed by atoms with Crippen molar-refractivity contribution in [3.63, 3.8) is 0 Å². The van der Waals surface area contributed by atoms with Crippen LogP contribution in [-0.4, -0.2) is 18.4 Å². The summed E-state index contributed by atoms with van der Waals surface area (Å²) >= 11 is 0. The number of hydrogen-bond donors (Lipinski definition) is 1. The van der Waals surface area contributed by atoms with Crippen molar-refractivity contribution >= 4 is 18.2 Å². The van der Waals surface area contributed by atoms with Crippen molar-refractivity contribution in [1.82, 2.24) is 5.32 Å². The molecule has 1 atom stereocenters. The Morgan fingerprint density at radius 2 is 1.77 bits per heavy atom. The maximum atomic E-state index is 12.3. The van der Waals surface area contributed by atoms with E-state index in [2.05, 4.69) is 24.4 Å². The van der Waals surface area contributed by atoms with Gasteiger partial charge in [-0.2, -0.15) is 0 Å². The highest BCUT2D eigenvalue weighted by molar-refractivity contribution is 6.00. The predicted molar refractivity (Wildman–Crippen MR) is 96.1 cm³/mol. The van der Waals surface area contributed by atoms with Crippen molar-refractivity contribution in [1.29, 1.82) is 0 Å². The van der Waals surface area contributed by atoms with Gasteiger partial charge in [0.1, 0.15) is 0 Å². The average Bonchev–Trinajstić information content (AvgIpc) is 3.05. The van der Waals surface area contributed by atoms with Crippen LogP contribution in [0, 0.1) is 0 Å². The van der Waals surface area contributed by atoms with E-state index in [1.165, 1.54) is 44.1 Å². The van der Waals surface area contributed by atoms with Crippen molar-refractivity contribution in [2.75, 3.05) is 6.54 Å². The predicted octanol–water partition coefficient (Wildman–Crippen LogP) is 4.95. The summed E-state index contributed by atoms with van der Waals surface area (Å²) in [4.78, 5) is 12.3. The van der Waals surface area contributed by atoms with Crippen LogP contribution in [0.4, 0.5) is 0 Å². The van der Waals surface area contributed by atoms with Gasteiger partial charge in [-0.1, -0.05) is 63.3 Å². The van der Waals surface area contributed by atoms with Crippen LogP contribution in [0.3, 0.4) is 0 Å². The largest absolute Gasteiger partial charge is 0.307 e. The maximum absolute atomic E-state index is 12.3. The molecule has 0 saturated carbocycles. The van der Waals surface area contributed by atoms with Gasteiger partial charge in [0.25, 0.3) is 0 Å².